The summed E-state index contributed by atoms with van der Waals surface area (Å²) in [4.78, 5) is 3.70. The lowest BCUT2D eigenvalue weighted by molar-refractivity contribution is 1.51. The molecular weight excluding hydrogens is 166 g/mol. The first kappa shape index (κ1) is 9.71. The first-order valence-corrected chi connectivity index (χ1v) is 4.75. The molecule has 5 heteroatoms. The zero-order valence-electron chi connectivity index (χ0n) is 5.84. The third-order valence-corrected chi connectivity index (χ3v) is 2.94. The van der Waals surface area contributed by atoms with E-state index in [0.29, 0.717) is 5.04 Å². The molecule has 56 valence electrons. The van der Waals surface area contributed by atoms with E-state index in [9.17, 15) is 0 Å². The Balaban J connectivity index is 3.58. The van der Waals surface area contributed by atoms with Crippen molar-refractivity contribution in [2.24, 2.45) is 4.99 Å². The van der Waals surface area contributed by atoms with E-state index in [1.165, 1.54) is 21.6 Å². The van der Waals surface area contributed by atoms with Gasteiger partial charge >= 0.3 is 0 Å². The molecule has 0 atom stereocenters. The Bertz CT molecular complexity index is 164. The fourth-order valence-corrected chi connectivity index (χ4v) is 1.44. The zero-order valence-corrected chi connectivity index (χ0v) is 7.47. The number of nitrogens with one attached hydrogen (secondary N) is 2. The van der Waals surface area contributed by atoms with Crippen LogP contribution in [0.25, 0.3) is 0 Å². The van der Waals surface area contributed by atoms with Gasteiger partial charge in [0.25, 0.3) is 0 Å². The molecular formula is C5H9N3S2. The van der Waals surface area contributed by atoms with Gasteiger partial charge in [-0.2, -0.15) is 0 Å². The van der Waals surface area contributed by atoms with E-state index in [0.717, 1.165) is 11.4 Å². The molecule has 0 bridgehead atoms. The highest BCUT2D eigenvalue weighted by Crippen LogP contribution is 2.23. The molecule has 0 unspecified atom stereocenters. The molecule has 0 aromatic carbocycles. The monoisotopic (exact) mass is 175 g/mol. The molecule has 0 aliphatic rings. The molecule has 0 rings (SSSR count). The molecule has 10 heavy (non-hydrogen) atoms. The van der Waals surface area contributed by atoms with Crippen LogP contribution in [0.4, 0.5) is 0 Å². The Kier molecular flexibility index (Phi) is 5.33. The summed E-state index contributed by atoms with van der Waals surface area (Å²) in [6.45, 7) is 3.53. The molecule has 0 aliphatic heterocycles. The summed E-state index contributed by atoms with van der Waals surface area (Å²) in [5.41, 5.74) is 0. The maximum atomic E-state index is 7.05. The van der Waals surface area contributed by atoms with Gasteiger partial charge in [0.05, 0.1) is 10.1 Å². The van der Waals surface area contributed by atoms with Crippen molar-refractivity contribution in [2.45, 2.75) is 13.8 Å². The van der Waals surface area contributed by atoms with E-state index in [-0.39, 0.29) is 0 Å². The van der Waals surface area contributed by atoms with Crippen LogP contribution >= 0.6 is 21.6 Å². The highest BCUT2D eigenvalue weighted by Gasteiger charge is 1.93. The van der Waals surface area contributed by atoms with Crippen LogP contribution in [0.15, 0.2) is 4.99 Å². The maximum Gasteiger partial charge on any atom is 0.107 e. The Morgan fingerprint density at radius 3 is 2.40 bits per heavy atom. The van der Waals surface area contributed by atoms with Crippen molar-refractivity contribution >= 4 is 38.0 Å². The van der Waals surface area contributed by atoms with Crippen molar-refractivity contribution in [3.05, 3.63) is 0 Å². The molecule has 0 saturated heterocycles. The molecule has 0 spiro atoms. The van der Waals surface area contributed by atoms with Gasteiger partial charge in [-0.15, -0.1) is 0 Å². The van der Waals surface area contributed by atoms with E-state index in [2.05, 4.69) is 4.99 Å². The fourth-order valence-electron chi connectivity index (χ4n) is 0.235. The molecule has 3 nitrogen and oxygen atoms in total. The minimum absolute atomic E-state index is 0.546. The second-order valence-electron chi connectivity index (χ2n) is 1.50. The summed E-state index contributed by atoms with van der Waals surface area (Å²) in [7, 11) is 2.75. The largest absolute Gasteiger partial charge is 0.298 e. The van der Waals surface area contributed by atoms with Crippen molar-refractivity contribution in [2.75, 3.05) is 0 Å². The number of nitrogens with zero attached hydrogens (tertiary/aromatic N) is 1. The van der Waals surface area contributed by atoms with Gasteiger partial charge in [-0.25, -0.2) is 4.99 Å². The predicted octanol–water partition coefficient (Wildman–Crippen LogP) is 2.39. The summed E-state index contributed by atoms with van der Waals surface area (Å²) in [5.74, 6) is 0. The van der Waals surface area contributed by atoms with Crippen molar-refractivity contribution in [1.82, 2.24) is 0 Å². The van der Waals surface area contributed by atoms with E-state index >= 15 is 0 Å². The standard InChI is InChI=1S/C5H9N3S2/c1-4(7)9-10-5(2)8-3-6/h3,6-7H,1-2H3. The molecule has 0 amide bonds. The minimum Gasteiger partial charge on any atom is -0.298 e. The smallest absolute Gasteiger partial charge is 0.107 e. The average Bonchev–Trinajstić information content (AvgIpc) is 1.85. The van der Waals surface area contributed by atoms with Crippen LogP contribution in [0, 0.1) is 10.8 Å². The number of aliphatic imine (C=N–C) groups is 1. The van der Waals surface area contributed by atoms with Crippen molar-refractivity contribution in [1.29, 1.82) is 10.8 Å². The van der Waals surface area contributed by atoms with Gasteiger partial charge in [0.15, 0.2) is 0 Å². The summed E-state index contributed by atoms with van der Waals surface area (Å²) in [5, 5.41) is 15.0. The lowest BCUT2D eigenvalue weighted by Gasteiger charge is -1.93. The number of hydrogen-bond donors (Lipinski definition) is 2. The molecule has 2 N–H and O–H groups in total. The minimum atomic E-state index is 0.546. The summed E-state index contributed by atoms with van der Waals surface area (Å²) in [6.07, 6.45) is 1.00. The van der Waals surface area contributed by atoms with E-state index in [4.69, 9.17) is 10.8 Å². The van der Waals surface area contributed by atoms with Crippen LogP contribution in [0.3, 0.4) is 0 Å². The highest BCUT2D eigenvalue weighted by atomic mass is 33.1. The Morgan fingerprint density at radius 1 is 1.40 bits per heavy atom. The van der Waals surface area contributed by atoms with Crippen molar-refractivity contribution in [3.8, 4) is 0 Å². The van der Waals surface area contributed by atoms with Gasteiger partial charge in [-0.3, -0.25) is 10.8 Å². The molecule has 0 aromatic rings. The summed E-state index contributed by atoms with van der Waals surface area (Å²) in [6, 6.07) is 0. The average molecular weight is 175 g/mol. The van der Waals surface area contributed by atoms with Crippen molar-refractivity contribution in [3.63, 3.8) is 0 Å². The zero-order chi connectivity index (χ0) is 7.98. The molecule has 0 saturated carbocycles. The van der Waals surface area contributed by atoms with Gasteiger partial charge in [0.1, 0.15) is 6.34 Å². The first-order chi connectivity index (χ1) is 4.66. The van der Waals surface area contributed by atoms with Crippen molar-refractivity contribution < 1.29 is 0 Å². The van der Waals surface area contributed by atoms with Crippen LogP contribution in [0.2, 0.25) is 0 Å². The van der Waals surface area contributed by atoms with Crippen LogP contribution in [-0.2, 0) is 0 Å². The third kappa shape index (κ3) is 5.84. The van der Waals surface area contributed by atoms with E-state index in [1.807, 2.05) is 6.92 Å². The Hall–Kier alpha value is -0.290. The third-order valence-electron chi connectivity index (χ3n) is 0.534. The van der Waals surface area contributed by atoms with E-state index in [1.54, 1.807) is 6.92 Å². The van der Waals surface area contributed by atoms with Crippen LogP contribution in [0.1, 0.15) is 13.8 Å². The molecule has 0 heterocycles. The summed E-state index contributed by atoms with van der Waals surface area (Å²) < 4.78 is 0. The topological polar surface area (TPSA) is 60.1 Å². The maximum absolute atomic E-state index is 7.05. The molecule has 0 radical (unpaired) electrons. The van der Waals surface area contributed by atoms with Gasteiger partial charge in [-0.1, -0.05) is 0 Å². The normalized spacial score (nSPS) is 11.2. The number of rotatable bonds is 1. The lowest BCUT2D eigenvalue weighted by atomic mass is 10.9. The van der Waals surface area contributed by atoms with Gasteiger partial charge in [0, 0.05) is 0 Å². The SMILES string of the molecule is CC(=N)SSC(C)=NC=N. The number of hydrogen-bond acceptors (Lipinski definition) is 4. The Labute approximate surface area is 68.1 Å². The fraction of sp³-hybridized carbons (Fsp3) is 0.400. The molecule has 0 aliphatic carbocycles. The van der Waals surface area contributed by atoms with E-state index < -0.39 is 0 Å². The quantitative estimate of drug-likeness (QED) is 0.365. The van der Waals surface area contributed by atoms with Gasteiger partial charge in [-0.05, 0) is 35.4 Å². The highest BCUT2D eigenvalue weighted by molar-refractivity contribution is 8.87. The Morgan fingerprint density at radius 2 is 2.00 bits per heavy atom. The molecule has 0 fully saturated rings. The van der Waals surface area contributed by atoms with Crippen LogP contribution in [-0.4, -0.2) is 16.4 Å². The second-order valence-corrected chi connectivity index (χ2v) is 4.04. The predicted molar refractivity (Wildman–Crippen MR) is 50.5 cm³/mol. The summed E-state index contributed by atoms with van der Waals surface area (Å²) >= 11 is 0. The second kappa shape index (κ2) is 5.49. The first-order valence-electron chi connectivity index (χ1n) is 2.60. The van der Waals surface area contributed by atoms with Gasteiger partial charge < -0.3 is 0 Å². The van der Waals surface area contributed by atoms with Crippen LogP contribution in [0.5, 0.6) is 0 Å². The lowest BCUT2D eigenvalue weighted by Crippen LogP contribution is -1.82. The molecule has 0 aromatic heterocycles. The van der Waals surface area contributed by atoms with Gasteiger partial charge in [0.2, 0.25) is 0 Å². The van der Waals surface area contributed by atoms with Crippen LogP contribution < -0.4 is 0 Å².